The molecule has 0 bridgehead atoms. The summed E-state index contributed by atoms with van der Waals surface area (Å²) in [5.74, 6) is 0. The van der Waals surface area contributed by atoms with Gasteiger partial charge < -0.3 is 0 Å². The van der Waals surface area contributed by atoms with E-state index in [4.69, 9.17) is 0 Å². The molecule has 0 fully saturated rings. The Morgan fingerprint density at radius 3 is 1.87 bits per heavy atom. The van der Waals surface area contributed by atoms with Gasteiger partial charge in [0.2, 0.25) is 0 Å². The zero-order valence-corrected chi connectivity index (χ0v) is 9.41. The van der Waals surface area contributed by atoms with Gasteiger partial charge in [0.1, 0.15) is 0 Å². The number of aliphatic imine (C=N–C) groups is 2. The molecule has 2 nitrogen and oxygen atoms in total. The van der Waals surface area contributed by atoms with E-state index in [-0.39, 0.29) is 0 Å². The van der Waals surface area contributed by atoms with E-state index in [1.54, 1.807) is 12.4 Å². The van der Waals surface area contributed by atoms with Crippen molar-refractivity contribution in [3.8, 4) is 0 Å². The summed E-state index contributed by atoms with van der Waals surface area (Å²) < 4.78 is 0. The van der Waals surface area contributed by atoms with Crippen LogP contribution >= 0.6 is 11.8 Å². The molecule has 0 radical (unpaired) electrons. The lowest BCUT2D eigenvalue weighted by molar-refractivity contribution is 1.05. The van der Waals surface area contributed by atoms with Gasteiger partial charge in [0.25, 0.3) is 0 Å². The molecule has 0 aromatic carbocycles. The molecule has 1 heterocycles. The van der Waals surface area contributed by atoms with Crippen molar-refractivity contribution in [1.82, 2.24) is 0 Å². The van der Waals surface area contributed by atoms with Crippen LogP contribution in [0.15, 0.2) is 57.5 Å². The number of hydrogen-bond acceptors (Lipinski definition) is 3. The smallest absolute Gasteiger partial charge is 0.0950 e. The number of hydrogen-bond donors (Lipinski definition) is 0. The van der Waals surface area contributed by atoms with Crippen molar-refractivity contribution in [3.05, 3.63) is 47.5 Å². The summed E-state index contributed by atoms with van der Waals surface area (Å²) in [5.41, 5.74) is 0. The molecule has 1 aliphatic rings. The molecule has 1 rings (SSSR count). The minimum absolute atomic E-state index is 0.699. The van der Waals surface area contributed by atoms with Crippen molar-refractivity contribution in [1.29, 1.82) is 0 Å². The van der Waals surface area contributed by atoms with Crippen molar-refractivity contribution in [3.63, 3.8) is 0 Å². The van der Waals surface area contributed by atoms with Gasteiger partial charge in [0.05, 0.1) is 10.1 Å². The predicted molar refractivity (Wildman–Crippen MR) is 70.4 cm³/mol. The second-order valence-electron chi connectivity index (χ2n) is 2.88. The third-order valence-electron chi connectivity index (χ3n) is 1.62. The molecule has 0 unspecified atom stereocenters. The Morgan fingerprint density at radius 1 is 0.933 bits per heavy atom. The van der Waals surface area contributed by atoms with Gasteiger partial charge in [0, 0.05) is 12.4 Å². The Balaban J connectivity index is 2.68. The fourth-order valence-electron chi connectivity index (χ4n) is 0.948. The molecular formula is C12H14N2S. The normalized spacial score (nSPS) is 22.7. The standard InChI is InChI=1S/C12H14N2S/c1-11-13-9-7-5-3-4-6-8-10-14-12(2)15-11/h5-10H,1-4H2/b7-5-,8-6-,13-9?,14-10?. The van der Waals surface area contributed by atoms with Gasteiger partial charge in [-0.3, -0.25) is 9.98 Å². The maximum absolute atomic E-state index is 4.14. The molecule has 0 saturated heterocycles. The van der Waals surface area contributed by atoms with E-state index >= 15 is 0 Å². The molecule has 0 atom stereocenters. The van der Waals surface area contributed by atoms with Gasteiger partial charge in [-0.2, -0.15) is 0 Å². The largest absolute Gasteiger partial charge is 0.250 e. The Kier molecular flexibility index (Phi) is 5.48. The summed E-state index contributed by atoms with van der Waals surface area (Å²) in [7, 11) is 0. The first-order valence-corrected chi connectivity index (χ1v) is 5.55. The van der Waals surface area contributed by atoms with E-state index in [1.807, 2.05) is 12.2 Å². The summed E-state index contributed by atoms with van der Waals surface area (Å²) in [6, 6.07) is 0. The molecular weight excluding hydrogens is 204 g/mol. The van der Waals surface area contributed by atoms with Gasteiger partial charge in [-0.05, 0) is 25.0 Å². The average molecular weight is 218 g/mol. The summed E-state index contributed by atoms with van der Waals surface area (Å²) >= 11 is 1.37. The summed E-state index contributed by atoms with van der Waals surface area (Å²) in [6.07, 6.45) is 13.5. The lowest BCUT2D eigenvalue weighted by Crippen LogP contribution is -1.73. The summed E-state index contributed by atoms with van der Waals surface area (Å²) in [6.45, 7) is 7.59. The van der Waals surface area contributed by atoms with Crippen LogP contribution in [0.1, 0.15) is 12.8 Å². The average Bonchev–Trinajstić information content (AvgIpc) is 2.21. The monoisotopic (exact) mass is 218 g/mol. The van der Waals surface area contributed by atoms with Crippen LogP contribution in [0.3, 0.4) is 0 Å². The molecule has 0 N–H and O–H groups in total. The molecule has 0 aliphatic carbocycles. The number of rotatable bonds is 0. The number of allylic oxidation sites excluding steroid dienone is 4. The van der Waals surface area contributed by atoms with E-state index in [9.17, 15) is 0 Å². The van der Waals surface area contributed by atoms with Crippen LogP contribution < -0.4 is 0 Å². The SMILES string of the molecule is C=C1N=C/C=C\CC/C=C\C=NC(=C)S1. The zero-order chi connectivity index (χ0) is 10.9. The fourth-order valence-corrected chi connectivity index (χ4v) is 1.45. The van der Waals surface area contributed by atoms with Crippen LogP contribution in [0.5, 0.6) is 0 Å². The first-order chi connectivity index (χ1) is 7.29. The quantitative estimate of drug-likeness (QED) is 0.608. The minimum Gasteiger partial charge on any atom is -0.250 e. The maximum atomic E-state index is 4.14. The molecule has 3 heteroatoms. The molecule has 78 valence electrons. The Hall–Kier alpha value is -1.35. The van der Waals surface area contributed by atoms with Gasteiger partial charge in [-0.1, -0.05) is 37.1 Å². The highest BCUT2D eigenvalue weighted by Crippen LogP contribution is 2.23. The van der Waals surface area contributed by atoms with Crippen LogP contribution in [-0.2, 0) is 0 Å². The molecule has 0 aromatic rings. The fraction of sp³-hybridized carbons (Fsp3) is 0.167. The van der Waals surface area contributed by atoms with E-state index in [1.165, 1.54) is 11.8 Å². The molecule has 1 aliphatic heterocycles. The second-order valence-corrected chi connectivity index (χ2v) is 4.03. The minimum atomic E-state index is 0.699. The van der Waals surface area contributed by atoms with Gasteiger partial charge >= 0.3 is 0 Å². The Labute approximate surface area is 94.9 Å². The molecule has 0 saturated carbocycles. The topological polar surface area (TPSA) is 24.7 Å². The van der Waals surface area contributed by atoms with Crippen LogP contribution in [-0.4, -0.2) is 12.4 Å². The van der Waals surface area contributed by atoms with Gasteiger partial charge in [-0.25, -0.2) is 0 Å². The highest BCUT2D eigenvalue weighted by Gasteiger charge is 1.93. The molecule has 0 amide bonds. The van der Waals surface area contributed by atoms with E-state index in [0.717, 1.165) is 12.8 Å². The Bertz CT molecular complexity index is 315. The number of nitrogens with zero attached hydrogens (tertiary/aromatic N) is 2. The van der Waals surface area contributed by atoms with Crippen LogP contribution in [0.25, 0.3) is 0 Å². The lowest BCUT2D eigenvalue weighted by atomic mass is 10.3. The van der Waals surface area contributed by atoms with Crippen LogP contribution in [0.4, 0.5) is 0 Å². The van der Waals surface area contributed by atoms with Crippen molar-refractivity contribution >= 4 is 24.2 Å². The summed E-state index contributed by atoms with van der Waals surface area (Å²) in [5, 5.41) is 1.40. The molecule has 0 aromatic heterocycles. The second kappa shape index (κ2) is 7.01. The van der Waals surface area contributed by atoms with Crippen molar-refractivity contribution < 1.29 is 0 Å². The third kappa shape index (κ3) is 5.86. The summed E-state index contributed by atoms with van der Waals surface area (Å²) in [4.78, 5) is 8.28. The van der Waals surface area contributed by atoms with E-state index in [0.29, 0.717) is 10.1 Å². The number of thioether (sulfide) groups is 1. The first-order valence-electron chi connectivity index (χ1n) is 4.73. The predicted octanol–water partition coefficient (Wildman–Crippen LogP) is 3.71. The highest BCUT2D eigenvalue weighted by atomic mass is 32.2. The van der Waals surface area contributed by atoms with Crippen LogP contribution in [0, 0.1) is 0 Å². The highest BCUT2D eigenvalue weighted by molar-refractivity contribution is 8.06. The van der Waals surface area contributed by atoms with Crippen molar-refractivity contribution in [2.45, 2.75) is 12.8 Å². The van der Waals surface area contributed by atoms with Crippen molar-refractivity contribution in [2.75, 3.05) is 0 Å². The molecule has 0 spiro atoms. The lowest BCUT2D eigenvalue weighted by Gasteiger charge is -1.96. The van der Waals surface area contributed by atoms with Crippen molar-refractivity contribution in [2.24, 2.45) is 9.98 Å². The van der Waals surface area contributed by atoms with Crippen LogP contribution in [0.2, 0.25) is 0 Å². The van der Waals surface area contributed by atoms with E-state index in [2.05, 4.69) is 35.3 Å². The first kappa shape index (κ1) is 11.7. The molecule has 15 heavy (non-hydrogen) atoms. The van der Waals surface area contributed by atoms with Gasteiger partial charge in [0.15, 0.2) is 0 Å². The van der Waals surface area contributed by atoms with E-state index < -0.39 is 0 Å². The Morgan fingerprint density at radius 2 is 1.40 bits per heavy atom. The zero-order valence-electron chi connectivity index (χ0n) is 8.60. The maximum Gasteiger partial charge on any atom is 0.0950 e. The third-order valence-corrected chi connectivity index (χ3v) is 2.30. The van der Waals surface area contributed by atoms with Gasteiger partial charge in [-0.15, -0.1) is 0 Å².